The van der Waals surface area contributed by atoms with Gasteiger partial charge in [0.05, 0.1) is 0 Å². The maximum absolute atomic E-state index is 10.1. The lowest BCUT2D eigenvalue weighted by Gasteiger charge is -1.93. The summed E-state index contributed by atoms with van der Waals surface area (Å²) in [5.41, 5.74) is 1.01. The first-order chi connectivity index (χ1) is 4.84. The van der Waals surface area contributed by atoms with Gasteiger partial charge in [0, 0.05) is 23.1 Å². The van der Waals surface area contributed by atoms with E-state index in [1.807, 2.05) is 25.1 Å². The third kappa shape index (κ3) is 3.19. The van der Waals surface area contributed by atoms with Gasteiger partial charge >= 0.3 is 8.69 Å². The molecule has 0 N–H and O–H groups in total. The van der Waals surface area contributed by atoms with E-state index in [0.29, 0.717) is 5.75 Å². The van der Waals surface area contributed by atoms with Crippen molar-refractivity contribution in [1.82, 2.24) is 0 Å². The molecule has 0 amide bonds. The summed E-state index contributed by atoms with van der Waals surface area (Å²) in [6.45, 7) is 1.91. The Labute approximate surface area is 83.4 Å². The number of para-hydroxylation sites is 1. The van der Waals surface area contributed by atoms with Crippen LogP contribution in [0.4, 0.5) is 0 Å². The molecule has 0 bridgehead atoms. The zero-order valence-corrected chi connectivity index (χ0v) is 8.75. The third-order valence-electron chi connectivity index (χ3n) is 1.25. The first-order valence-electron chi connectivity index (χ1n) is 2.94. The Morgan fingerprint density at radius 2 is 2.00 bits per heavy atom. The lowest BCUT2D eigenvalue weighted by atomic mass is 10.2. The summed E-state index contributed by atoms with van der Waals surface area (Å²) in [6.07, 6.45) is 0. The van der Waals surface area contributed by atoms with Gasteiger partial charge in [0.1, 0.15) is 0 Å². The first kappa shape index (κ1) is 10.9. The van der Waals surface area contributed by atoms with E-state index in [4.69, 9.17) is 4.52 Å². The highest BCUT2D eigenvalue weighted by Gasteiger charge is 1.99. The quantitative estimate of drug-likeness (QED) is 0.512. The number of aryl methyl sites for hydroxylation is 1. The van der Waals surface area contributed by atoms with Crippen LogP contribution in [-0.4, -0.2) is 23.1 Å². The summed E-state index contributed by atoms with van der Waals surface area (Å²) in [4.78, 5) is 0. The second-order valence-corrected chi connectivity index (χ2v) is 2.32. The van der Waals surface area contributed by atoms with Crippen LogP contribution >= 0.6 is 8.69 Å². The van der Waals surface area contributed by atoms with Gasteiger partial charge in [0.2, 0.25) is 0 Å². The maximum atomic E-state index is 10.1. The summed E-state index contributed by atoms with van der Waals surface area (Å²) in [5.74, 6) is 0.691. The van der Waals surface area contributed by atoms with Gasteiger partial charge in [-0.2, -0.15) is 0 Å². The van der Waals surface area contributed by atoms with Crippen LogP contribution in [0, 0.1) is 6.92 Å². The van der Waals surface area contributed by atoms with Crippen molar-refractivity contribution >= 4 is 31.7 Å². The summed E-state index contributed by atoms with van der Waals surface area (Å²) in [6, 6.07) is 7.47. The fourth-order valence-electron chi connectivity index (χ4n) is 0.716. The Morgan fingerprint density at radius 1 is 1.36 bits per heavy atom. The second-order valence-electron chi connectivity index (χ2n) is 1.95. The molecular weight excluding hydrogens is 171 g/mol. The number of hydrogen-bond acceptors (Lipinski definition) is 2. The molecule has 2 nitrogen and oxygen atoms in total. The summed E-state index contributed by atoms with van der Waals surface area (Å²) < 4.78 is 14.9. The molecule has 11 heavy (non-hydrogen) atoms. The predicted molar refractivity (Wildman–Crippen MR) is 46.6 cm³/mol. The fourth-order valence-corrected chi connectivity index (χ4v) is 1.03. The predicted octanol–water partition coefficient (Wildman–Crippen LogP) is 1.93. The standard InChI is InChI=1S/C7H8O2P.Mg/c1-6-4-2-3-5-7(6)9-10-8;/h2-5,10H,1H3;/q+1;. The SMILES string of the molecule is Cc1ccccc1O[PH+]=O.[Mg]. The van der Waals surface area contributed by atoms with Crippen molar-refractivity contribution < 1.29 is 9.09 Å². The average molecular weight is 179 g/mol. The topological polar surface area (TPSA) is 26.3 Å². The van der Waals surface area contributed by atoms with Crippen LogP contribution in [0.25, 0.3) is 0 Å². The smallest absolute Gasteiger partial charge is 0.256 e. The molecule has 0 saturated heterocycles. The van der Waals surface area contributed by atoms with Crippen LogP contribution in [0.5, 0.6) is 5.75 Å². The Kier molecular flexibility index (Phi) is 5.47. The molecular formula is C7H8MgO2P+. The zero-order valence-electron chi connectivity index (χ0n) is 6.33. The van der Waals surface area contributed by atoms with Gasteiger partial charge in [-0.1, -0.05) is 18.2 Å². The summed E-state index contributed by atoms with van der Waals surface area (Å²) >= 11 is 0. The molecule has 0 spiro atoms. The van der Waals surface area contributed by atoms with E-state index in [1.54, 1.807) is 6.07 Å². The van der Waals surface area contributed by atoms with E-state index >= 15 is 0 Å². The van der Waals surface area contributed by atoms with E-state index in [0.717, 1.165) is 5.56 Å². The molecule has 54 valence electrons. The molecule has 1 aromatic rings. The average Bonchev–Trinajstić information content (AvgIpc) is 1.94. The van der Waals surface area contributed by atoms with Gasteiger partial charge in [-0.25, -0.2) is 0 Å². The molecule has 0 saturated carbocycles. The Balaban J connectivity index is 0.000001000. The molecule has 1 aromatic carbocycles. The summed E-state index contributed by atoms with van der Waals surface area (Å²) in [7, 11) is -0.718. The van der Waals surface area contributed by atoms with Crippen LogP contribution in [0.15, 0.2) is 24.3 Å². The van der Waals surface area contributed by atoms with Crippen molar-refractivity contribution in [2.75, 3.05) is 0 Å². The van der Waals surface area contributed by atoms with Crippen LogP contribution < -0.4 is 4.52 Å². The van der Waals surface area contributed by atoms with Crippen molar-refractivity contribution in [3.63, 3.8) is 0 Å². The highest BCUT2D eigenvalue weighted by molar-refractivity contribution is 7.17. The van der Waals surface area contributed by atoms with Crippen molar-refractivity contribution in [3.05, 3.63) is 29.8 Å². The van der Waals surface area contributed by atoms with Crippen molar-refractivity contribution in [2.24, 2.45) is 0 Å². The zero-order chi connectivity index (χ0) is 7.40. The Hall–Kier alpha value is -0.114. The van der Waals surface area contributed by atoms with Crippen LogP contribution in [0.1, 0.15) is 5.56 Å². The van der Waals surface area contributed by atoms with Crippen molar-refractivity contribution in [3.8, 4) is 5.75 Å². The van der Waals surface area contributed by atoms with Gasteiger partial charge in [-0.15, -0.1) is 0 Å². The molecule has 2 radical (unpaired) electrons. The van der Waals surface area contributed by atoms with Crippen molar-refractivity contribution in [1.29, 1.82) is 0 Å². The van der Waals surface area contributed by atoms with Gasteiger partial charge in [0.25, 0.3) is 0 Å². The minimum atomic E-state index is -0.718. The van der Waals surface area contributed by atoms with E-state index in [2.05, 4.69) is 0 Å². The number of hydrogen-bond donors (Lipinski definition) is 0. The van der Waals surface area contributed by atoms with Crippen molar-refractivity contribution in [2.45, 2.75) is 6.92 Å². The molecule has 0 heterocycles. The van der Waals surface area contributed by atoms with Gasteiger partial charge in [0.15, 0.2) is 5.75 Å². The lowest BCUT2D eigenvalue weighted by molar-refractivity contribution is 0.523. The van der Waals surface area contributed by atoms with E-state index < -0.39 is 8.69 Å². The minimum absolute atomic E-state index is 0. The number of benzene rings is 1. The molecule has 4 heteroatoms. The molecule has 1 rings (SSSR count). The molecule has 1 unspecified atom stereocenters. The molecule has 1 atom stereocenters. The lowest BCUT2D eigenvalue weighted by Crippen LogP contribution is -1.78. The van der Waals surface area contributed by atoms with Crippen LogP contribution in [0.2, 0.25) is 0 Å². The van der Waals surface area contributed by atoms with Gasteiger partial charge < -0.3 is 0 Å². The monoisotopic (exact) mass is 179 g/mol. The van der Waals surface area contributed by atoms with Crippen LogP contribution in [-0.2, 0) is 4.57 Å². The second kappa shape index (κ2) is 5.53. The highest BCUT2D eigenvalue weighted by atomic mass is 31.1. The normalized spacial score (nSPS) is 8.82. The molecule has 0 aliphatic rings. The van der Waals surface area contributed by atoms with Crippen LogP contribution in [0.3, 0.4) is 0 Å². The van der Waals surface area contributed by atoms with E-state index in [9.17, 15) is 4.57 Å². The van der Waals surface area contributed by atoms with Gasteiger partial charge in [-0.05, 0) is 23.1 Å². The molecule has 0 aliphatic heterocycles. The van der Waals surface area contributed by atoms with E-state index in [1.165, 1.54) is 0 Å². The Morgan fingerprint density at radius 3 is 2.55 bits per heavy atom. The molecule has 0 aliphatic carbocycles. The number of rotatable bonds is 2. The summed E-state index contributed by atoms with van der Waals surface area (Å²) in [5, 5.41) is 0. The molecule has 0 fully saturated rings. The minimum Gasteiger partial charge on any atom is -0.256 e. The third-order valence-corrected chi connectivity index (χ3v) is 1.55. The largest absolute Gasteiger partial charge is 0.542 e. The Bertz CT molecular complexity index is 240. The van der Waals surface area contributed by atoms with Gasteiger partial charge in [-0.3, -0.25) is 4.52 Å². The van der Waals surface area contributed by atoms with E-state index in [-0.39, 0.29) is 23.1 Å². The maximum Gasteiger partial charge on any atom is 0.542 e. The first-order valence-corrected chi connectivity index (χ1v) is 3.76. The highest BCUT2D eigenvalue weighted by Crippen LogP contribution is 2.19. The fraction of sp³-hybridized carbons (Fsp3) is 0.143. The molecule has 0 aromatic heterocycles.